The van der Waals surface area contributed by atoms with Gasteiger partial charge in [-0.25, -0.2) is 13.7 Å². The van der Waals surface area contributed by atoms with E-state index in [4.69, 9.17) is 0 Å². The lowest BCUT2D eigenvalue weighted by atomic mass is 10.0. The molecular weight excluding hydrogens is 448 g/mol. The van der Waals surface area contributed by atoms with Gasteiger partial charge in [0.15, 0.2) is 16.7 Å². The van der Waals surface area contributed by atoms with Gasteiger partial charge in [-0.1, -0.05) is 12.1 Å². The zero-order valence-corrected chi connectivity index (χ0v) is 19.7. The van der Waals surface area contributed by atoms with E-state index in [-0.39, 0.29) is 4.90 Å². The van der Waals surface area contributed by atoms with Crippen molar-refractivity contribution < 1.29 is 8.76 Å². The van der Waals surface area contributed by atoms with Crippen molar-refractivity contribution in [3.05, 3.63) is 66.6 Å². The van der Waals surface area contributed by atoms with Gasteiger partial charge in [0, 0.05) is 54.4 Å². The highest BCUT2D eigenvalue weighted by Gasteiger charge is 2.24. The van der Waals surface area contributed by atoms with Gasteiger partial charge in [-0.3, -0.25) is 0 Å². The molecule has 2 N–H and O–H groups in total. The molecule has 1 aliphatic rings. The van der Waals surface area contributed by atoms with Crippen LogP contribution in [0.25, 0.3) is 27.9 Å². The largest absolute Gasteiger partial charge is 0.364 e. The van der Waals surface area contributed by atoms with Gasteiger partial charge in [-0.2, -0.15) is 10.4 Å². The zero-order valence-electron chi connectivity index (χ0n) is 18.8. The Kier molecular flexibility index (Phi) is 5.87. The lowest BCUT2D eigenvalue weighted by Crippen LogP contribution is -2.55. The Labute approximate surface area is 200 Å². The third kappa shape index (κ3) is 4.07. The first-order chi connectivity index (χ1) is 16.4. The molecule has 8 nitrogen and oxygen atoms in total. The van der Waals surface area contributed by atoms with Gasteiger partial charge in [0.1, 0.15) is 0 Å². The molecule has 0 spiro atoms. The first-order valence-electron chi connectivity index (χ1n) is 11.0. The monoisotopic (exact) mass is 472 g/mol. The second kappa shape index (κ2) is 8.99. The maximum atomic E-state index is 11.6. The smallest absolute Gasteiger partial charge is 0.186 e. The summed E-state index contributed by atoms with van der Waals surface area (Å²) in [6, 6.07) is 16.0. The van der Waals surface area contributed by atoms with E-state index in [1.807, 2.05) is 12.3 Å². The van der Waals surface area contributed by atoms with E-state index in [0.717, 1.165) is 24.2 Å². The molecule has 1 aliphatic heterocycles. The van der Waals surface area contributed by atoms with Crippen molar-refractivity contribution in [2.24, 2.45) is 0 Å². The Morgan fingerprint density at radius 1 is 1.06 bits per heavy atom. The number of anilines is 1. The Balaban J connectivity index is 1.47. The highest BCUT2D eigenvalue weighted by molar-refractivity contribution is 7.79. The Bertz CT molecular complexity index is 1420. The number of nitrogens with one attached hydrogen (secondary N) is 1. The van der Waals surface area contributed by atoms with Gasteiger partial charge in [-0.05, 0) is 55.3 Å². The molecular formula is C25H24N6O2S. The second-order valence-electron chi connectivity index (χ2n) is 8.59. The lowest BCUT2D eigenvalue weighted by Gasteiger charge is -2.41. The molecule has 3 heterocycles. The molecule has 0 bridgehead atoms. The molecule has 5 rings (SSSR count). The summed E-state index contributed by atoms with van der Waals surface area (Å²) in [4.78, 5) is 7.23. The summed E-state index contributed by atoms with van der Waals surface area (Å²) < 4.78 is 22.8. The number of aromatic nitrogens is 3. The molecule has 1 saturated heterocycles. The van der Waals surface area contributed by atoms with Crippen LogP contribution in [-0.4, -0.2) is 48.5 Å². The van der Waals surface area contributed by atoms with Crippen LogP contribution in [0.5, 0.6) is 0 Å². The Morgan fingerprint density at radius 2 is 1.79 bits per heavy atom. The molecule has 0 amide bonds. The molecule has 0 saturated carbocycles. The van der Waals surface area contributed by atoms with Crippen molar-refractivity contribution in [3.8, 4) is 28.3 Å². The number of fused-ring (bicyclic) bond motifs is 1. The Morgan fingerprint density at radius 3 is 2.47 bits per heavy atom. The third-order valence-electron chi connectivity index (χ3n) is 6.23. The summed E-state index contributed by atoms with van der Waals surface area (Å²) in [5, 5.41) is 17.2. The van der Waals surface area contributed by atoms with Crippen molar-refractivity contribution in [2.45, 2.75) is 30.8 Å². The fourth-order valence-corrected chi connectivity index (χ4v) is 5.07. The summed E-state index contributed by atoms with van der Waals surface area (Å²) in [6.45, 7) is 6.41. The first kappa shape index (κ1) is 22.2. The molecule has 3 atom stereocenters. The van der Waals surface area contributed by atoms with Crippen molar-refractivity contribution in [2.75, 3.05) is 18.0 Å². The molecule has 34 heavy (non-hydrogen) atoms. The summed E-state index contributed by atoms with van der Waals surface area (Å²) in [5.41, 5.74) is 5.39. The summed E-state index contributed by atoms with van der Waals surface area (Å²) in [6.07, 6.45) is 5.37. The maximum Gasteiger partial charge on any atom is 0.186 e. The molecule has 9 heteroatoms. The quantitative estimate of drug-likeness (QED) is 0.436. The summed E-state index contributed by atoms with van der Waals surface area (Å²) in [5.74, 6) is 0. The summed E-state index contributed by atoms with van der Waals surface area (Å²) >= 11 is -2.19. The Hall–Kier alpha value is -3.58. The maximum absolute atomic E-state index is 11.6. The SMILES string of the molecule is C[C@@H]1CNC[C@H](C)N1c1ccc(-c2cnc3c(-c4cc(C#N)cc(S(=O)O)c4)cnn3c2)cc1. The van der Waals surface area contributed by atoms with Gasteiger partial charge in [-0.15, -0.1) is 0 Å². The standard InChI is InChI=1S/C25H24N6O2S/c1-16-11-27-12-17(2)31(16)22-5-3-19(4-6-22)21-13-28-25-24(14-29-30(25)15-21)20-7-18(10-26)8-23(9-20)34(32)33/h3-9,13-17,27H,11-12H2,1-2H3,(H,32,33)/t16-,17+. The van der Waals surface area contributed by atoms with E-state index in [0.29, 0.717) is 34.4 Å². The predicted molar refractivity (Wildman–Crippen MR) is 132 cm³/mol. The third-order valence-corrected chi connectivity index (χ3v) is 6.87. The van der Waals surface area contributed by atoms with Crippen molar-refractivity contribution in [1.29, 1.82) is 5.26 Å². The van der Waals surface area contributed by atoms with Crippen LogP contribution in [0.4, 0.5) is 5.69 Å². The van der Waals surface area contributed by atoms with E-state index < -0.39 is 11.1 Å². The van der Waals surface area contributed by atoms with Crippen LogP contribution in [-0.2, 0) is 11.1 Å². The molecule has 2 aromatic carbocycles. The molecule has 1 fully saturated rings. The fraction of sp³-hybridized carbons (Fsp3) is 0.240. The number of nitrogens with zero attached hydrogens (tertiary/aromatic N) is 5. The van der Waals surface area contributed by atoms with E-state index in [9.17, 15) is 14.0 Å². The molecule has 172 valence electrons. The van der Waals surface area contributed by atoms with Gasteiger partial charge in [0.2, 0.25) is 0 Å². The van der Waals surface area contributed by atoms with E-state index in [1.165, 1.54) is 11.8 Å². The van der Waals surface area contributed by atoms with Crippen molar-refractivity contribution >= 4 is 22.4 Å². The predicted octanol–water partition coefficient (Wildman–Crippen LogP) is 3.70. The fourth-order valence-electron chi connectivity index (χ4n) is 4.61. The van der Waals surface area contributed by atoms with Crippen LogP contribution in [0.3, 0.4) is 0 Å². The zero-order chi connectivity index (χ0) is 23.8. The number of piperazine rings is 1. The average Bonchev–Trinajstić information content (AvgIpc) is 3.27. The average molecular weight is 473 g/mol. The van der Waals surface area contributed by atoms with Gasteiger partial charge in [0.25, 0.3) is 0 Å². The molecule has 0 radical (unpaired) electrons. The van der Waals surface area contributed by atoms with Crippen molar-refractivity contribution in [3.63, 3.8) is 0 Å². The number of nitriles is 1. The highest BCUT2D eigenvalue weighted by atomic mass is 32.2. The molecule has 1 unspecified atom stereocenters. The van der Waals surface area contributed by atoms with Crippen molar-refractivity contribution in [1.82, 2.24) is 19.9 Å². The minimum atomic E-state index is -2.19. The van der Waals surface area contributed by atoms with Crippen LogP contribution >= 0.6 is 0 Å². The second-order valence-corrected chi connectivity index (χ2v) is 9.56. The minimum absolute atomic E-state index is 0.165. The molecule has 0 aliphatic carbocycles. The van der Waals surface area contributed by atoms with Gasteiger partial charge < -0.3 is 14.8 Å². The van der Waals surface area contributed by atoms with Gasteiger partial charge in [0.05, 0.1) is 22.7 Å². The normalized spacial score (nSPS) is 19.2. The van der Waals surface area contributed by atoms with Crippen LogP contribution in [0.1, 0.15) is 19.4 Å². The summed E-state index contributed by atoms with van der Waals surface area (Å²) in [7, 11) is 0. The van der Waals surface area contributed by atoms with Crippen LogP contribution < -0.4 is 10.2 Å². The number of benzene rings is 2. The van der Waals surface area contributed by atoms with E-state index in [1.54, 1.807) is 29.0 Å². The number of rotatable bonds is 4. The van der Waals surface area contributed by atoms with Gasteiger partial charge >= 0.3 is 0 Å². The van der Waals surface area contributed by atoms with Crippen LogP contribution in [0.15, 0.2) is 66.0 Å². The molecule has 2 aromatic heterocycles. The minimum Gasteiger partial charge on any atom is -0.364 e. The topological polar surface area (TPSA) is 107 Å². The highest BCUT2D eigenvalue weighted by Crippen LogP contribution is 2.29. The van der Waals surface area contributed by atoms with Crippen LogP contribution in [0, 0.1) is 11.3 Å². The van der Waals surface area contributed by atoms with E-state index >= 15 is 0 Å². The lowest BCUT2D eigenvalue weighted by molar-refractivity contribution is 0.432. The first-order valence-corrected chi connectivity index (χ1v) is 12.1. The number of hydrogen-bond donors (Lipinski definition) is 2. The number of hydrogen-bond acceptors (Lipinski definition) is 6. The van der Waals surface area contributed by atoms with E-state index in [2.05, 4.69) is 58.4 Å². The van der Waals surface area contributed by atoms with Crippen LogP contribution in [0.2, 0.25) is 0 Å². The molecule has 4 aromatic rings.